The van der Waals surface area contributed by atoms with Crippen LogP contribution in [0.5, 0.6) is 11.5 Å². The van der Waals surface area contributed by atoms with Crippen LogP contribution < -0.4 is 30.7 Å². The van der Waals surface area contributed by atoms with Crippen molar-refractivity contribution in [2.45, 2.75) is 90.4 Å². The molecular formula is C37H51N5O7. The summed E-state index contributed by atoms with van der Waals surface area (Å²) in [5.74, 6) is -0.258. The highest BCUT2D eigenvalue weighted by Gasteiger charge is 2.33. The number of benzene rings is 2. The molecule has 0 saturated heterocycles. The SMILES string of the molecule is CCC(=O)N[C@H]1Cc2ccc(cc2)OC[C@H](CC(C)C)NC(=O)CN(CC2CC2)C(=O)[C@@H](C)NC(=O)[C@H](Cc2ccc(OC)cc2)NC1=O. The second-order valence-corrected chi connectivity index (χ2v) is 13.5. The highest BCUT2D eigenvalue weighted by Crippen LogP contribution is 2.30. The summed E-state index contributed by atoms with van der Waals surface area (Å²) in [6.45, 7) is 7.91. The van der Waals surface area contributed by atoms with Crippen molar-refractivity contribution in [1.29, 1.82) is 0 Å². The van der Waals surface area contributed by atoms with Crippen molar-refractivity contribution in [1.82, 2.24) is 26.2 Å². The molecule has 12 heteroatoms. The Morgan fingerprint density at radius 2 is 1.67 bits per heavy atom. The van der Waals surface area contributed by atoms with Crippen LogP contribution >= 0.6 is 0 Å². The van der Waals surface area contributed by atoms with E-state index in [0.717, 1.165) is 24.0 Å². The van der Waals surface area contributed by atoms with Gasteiger partial charge in [-0.15, -0.1) is 0 Å². The molecule has 2 aliphatic heterocycles. The fourth-order valence-electron chi connectivity index (χ4n) is 5.82. The first-order valence-corrected chi connectivity index (χ1v) is 17.3. The average Bonchev–Trinajstić information content (AvgIpc) is 3.90. The topological polar surface area (TPSA) is 155 Å². The lowest BCUT2D eigenvalue weighted by atomic mass is 10.0. The molecule has 5 rings (SSSR count). The van der Waals surface area contributed by atoms with Crippen molar-refractivity contribution in [3.05, 3.63) is 59.7 Å². The molecule has 1 saturated carbocycles. The first-order chi connectivity index (χ1) is 23.4. The maximum atomic E-state index is 13.9. The van der Waals surface area contributed by atoms with Crippen LogP contribution in [0.3, 0.4) is 0 Å². The third-order valence-electron chi connectivity index (χ3n) is 8.69. The predicted molar refractivity (Wildman–Crippen MR) is 185 cm³/mol. The average molecular weight is 678 g/mol. The first-order valence-electron chi connectivity index (χ1n) is 17.3. The molecule has 1 fully saturated rings. The maximum absolute atomic E-state index is 13.9. The van der Waals surface area contributed by atoms with Crippen molar-refractivity contribution in [2.24, 2.45) is 11.8 Å². The monoisotopic (exact) mass is 677 g/mol. The molecule has 0 spiro atoms. The lowest BCUT2D eigenvalue weighted by molar-refractivity contribution is -0.140. The summed E-state index contributed by atoms with van der Waals surface area (Å²) < 4.78 is 11.3. The Labute approximate surface area is 289 Å². The van der Waals surface area contributed by atoms with Gasteiger partial charge in [0.25, 0.3) is 0 Å². The summed E-state index contributed by atoms with van der Waals surface area (Å²) >= 11 is 0. The van der Waals surface area contributed by atoms with Crippen LogP contribution in [0.1, 0.15) is 64.5 Å². The van der Waals surface area contributed by atoms with Gasteiger partial charge in [0.1, 0.15) is 36.2 Å². The number of nitrogens with one attached hydrogen (secondary N) is 4. The third-order valence-corrected chi connectivity index (χ3v) is 8.69. The number of rotatable bonds is 9. The van der Waals surface area contributed by atoms with E-state index in [0.29, 0.717) is 30.4 Å². The van der Waals surface area contributed by atoms with Gasteiger partial charge in [0.2, 0.25) is 29.5 Å². The standard InChI is InChI=1S/C37H51N5O7/c1-6-33(43)40-31-18-26-11-15-30(16-12-26)49-22-28(17-23(2)3)39-34(44)21-42(20-27-7-8-27)37(47)24(4)38-35(45)32(41-36(31)46)19-25-9-13-29(48-5)14-10-25/h9-16,23-24,27-28,31-32H,6-8,17-22H2,1-5H3,(H,38,45)(H,39,44)(H,40,43)(H,41,46)/t24-,28+,31+,32+/m1/s1. The van der Waals surface area contributed by atoms with Gasteiger partial charge in [-0.25, -0.2) is 0 Å². The Hall–Kier alpha value is -4.61. The molecule has 5 amide bonds. The van der Waals surface area contributed by atoms with Gasteiger partial charge in [-0.3, -0.25) is 24.0 Å². The Morgan fingerprint density at radius 3 is 2.29 bits per heavy atom. The summed E-state index contributed by atoms with van der Waals surface area (Å²) in [5.41, 5.74) is 1.53. The smallest absolute Gasteiger partial charge is 0.245 e. The summed E-state index contributed by atoms with van der Waals surface area (Å²) in [5, 5.41) is 11.5. The van der Waals surface area contributed by atoms with Gasteiger partial charge < -0.3 is 35.6 Å². The van der Waals surface area contributed by atoms with E-state index in [-0.39, 0.29) is 62.1 Å². The summed E-state index contributed by atoms with van der Waals surface area (Å²) in [6, 6.07) is 11.1. The van der Waals surface area contributed by atoms with Crippen molar-refractivity contribution < 1.29 is 33.4 Å². The summed E-state index contributed by atoms with van der Waals surface area (Å²) in [7, 11) is 1.56. The molecule has 12 nitrogen and oxygen atoms in total. The number of carbonyl (C=O) groups is 5. The van der Waals surface area contributed by atoms with E-state index < -0.39 is 29.9 Å². The van der Waals surface area contributed by atoms with Crippen LogP contribution in [-0.2, 0) is 36.8 Å². The van der Waals surface area contributed by atoms with Gasteiger partial charge in [0, 0.05) is 25.8 Å². The minimum atomic E-state index is -1.07. The van der Waals surface area contributed by atoms with Gasteiger partial charge in [-0.2, -0.15) is 0 Å². The third kappa shape index (κ3) is 11.8. The number of nitrogens with zero attached hydrogens (tertiary/aromatic N) is 1. The molecule has 0 radical (unpaired) electrons. The fraction of sp³-hybridized carbons (Fsp3) is 0.541. The van der Waals surface area contributed by atoms with Crippen LogP contribution in [0.25, 0.3) is 0 Å². The highest BCUT2D eigenvalue weighted by molar-refractivity contribution is 5.95. The second-order valence-electron chi connectivity index (χ2n) is 13.5. The lowest BCUT2D eigenvalue weighted by Gasteiger charge is -2.29. The Kier molecular flexibility index (Phi) is 13.4. The fourth-order valence-corrected chi connectivity index (χ4v) is 5.82. The molecule has 4 atom stereocenters. The first kappa shape index (κ1) is 37.2. The zero-order valence-corrected chi connectivity index (χ0v) is 29.3. The molecule has 2 aromatic rings. The highest BCUT2D eigenvalue weighted by atomic mass is 16.5. The number of amides is 5. The number of carbonyl (C=O) groups excluding carboxylic acids is 5. The predicted octanol–water partition coefficient (Wildman–Crippen LogP) is 2.53. The number of ether oxygens (including phenoxy) is 2. The number of hydrogen-bond acceptors (Lipinski definition) is 7. The van der Waals surface area contributed by atoms with Gasteiger partial charge in [0.05, 0.1) is 19.7 Å². The molecule has 266 valence electrons. The summed E-state index contributed by atoms with van der Waals surface area (Å²) in [6.07, 6.45) is 3.09. The van der Waals surface area contributed by atoms with Gasteiger partial charge in [-0.1, -0.05) is 45.0 Å². The minimum Gasteiger partial charge on any atom is -0.497 e. The van der Waals surface area contributed by atoms with Crippen LogP contribution in [0.15, 0.2) is 48.5 Å². The van der Waals surface area contributed by atoms with Gasteiger partial charge in [0.15, 0.2) is 0 Å². The number of methoxy groups -OCH3 is 1. The van der Waals surface area contributed by atoms with E-state index in [4.69, 9.17) is 9.47 Å². The molecule has 49 heavy (non-hydrogen) atoms. The van der Waals surface area contributed by atoms with Crippen molar-refractivity contribution in [3.63, 3.8) is 0 Å². The zero-order chi connectivity index (χ0) is 35.5. The van der Waals surface area contributed by atoms with Crippen LogP contribution in [0.4, 0.5) is 0 Å². The molecule has 2 aromatic carbocycles. The van der Waals surface area contributed by atoms with E-state index in [1.54, 1.807) is 57.4 Å². The molecule has 2 bridgehead atoms. The molecule has 3 aliphatic rings. The zero-order valence-electron chi connectivity index (χ0n) is 29.3. The van der Waals surface area contributed by atoms with E-state index in [1.165, 1.54) is 4.90 Å². The Balaban J connectivity index is 1.66. The van der Waals surface area contributed by atoms with Gasteiger partial charge in [-0.05, 0) is 73.4 Å². The van der Waals surface area contributed by atoms with E-state index in [9.17, 15) is 24.0 Å². The molecule has 2 heterocycles. The van der Waals surface area contributed by atoms with E-state index >= 15 is 0 Å². The van der Waals surface area contributed by atoms with Crippen LogP contribution in [-0.4, -0.2) is 85.4 Å². The maximum Gasteiger partial charge on any atom is 0.245 e. The number of hydrogen-bond donors (Lipinski definition) is 4. The van der Waals surface area contributed by atoms with Crippen LogP contribution in [0.2, 0.25) is 0 Å². The van der Waals surface area contributed by atoms with E-state index in [1.807, 2.05) is 12.1 Å². The number of fused-ring (bicyclic) bond motifs is 17. The Bertz CT molecular complexity index is 1440. The van der Waals surface area contributed by atoms with Crippen molar-refractivity contribution >= 4 is 29.5 Å². The molecular weight excluding hydrogens is 626 g/mol. The minimum absolute atomic E-state index is 0.119. The molecule has 0 unspecified atom stereocenters. The molecule has 1 aliphatic carbocycles. The van der Waals surface area contributed by atoms with Crippen molar-refractivity contribution in [2.75, 3.05) is 26.8 Å². The van der Waals surface area contributed by atoms with Crippen LogP contribution in [0, 0.1) is 11.8 Å². The Morgan fingerprint density at radius 1 is 0.980 bits per heavy atom. The normalized spacial score (nSPS) is 22.9. The largest absolute Gasteiger partial charge is 0.497 e. The van der Waals surface area contributed by atoms with E-state index in [2.05, 4.69) is 35.1 Å². The summed E-state index contributed by atoms with van der Waals surface area (Å²) in [4.78, 5) is 68.8. The van der Waals surface area contributed by atoms with Crippen molar-refractivity contribution in [3.8, 4) is 11.5 Å². The van der Waals surface area contributed by atoms with Gasteiger partial charge >= 0.3 is 0 Å². The molecule has 4 N–H and O–H groups in total. The quantitative estimate of drug-likeness (QED) is 0.298. The lowest BCUT2D eigenvalue weighted by Crippen LogP contribution is -2.58. The second kappa shape index (κ2) is 17.7. The molecule has 0 aromatic heterocycles.